The van der Waals surface area contributed by atoms with Gasteiger partial charge >= 0.3 is 0 Å². The lowest BCUT2D eigenvalue weighted by atomic mass is 10.1. The van der Waals surface area contributed by atoms with Crippen LogP contribution in [-0.4, -0.2) is 17.2 Å². The molecule has 0 fully saturated rings. The van der Waals surface area contributed by atoms with Crippen molar-refractivity contribution in [1.82, 2.24) is 9.13 Å². The number of para-hydroxylation sites is 2. The van der Waals surface area contributed by atoms with Crippen LogP contribution in [0.1, 0.15) is 5.56 Å². The number of fused-ring (bicyclic) bond motifs is 6. The first-order valence-electron chi connectivity index (χ1n) is 22.5. The number of aromatic nitrogens is 2. The number of aryl methyl sites for hydroxylation is 1. The fourth-order valence-electron chi connectivity index (χ4n) is 10.4. The third-order valence-electron chi connectivity index (χ3n) is 13.4. The van der Waals surface area contributed by atoms with E-state index < -0.39 is 8.07 Å². The summed E-state index contributed by atoms with van der Waals surface area (Å²) < 4.78 is 18.8. The van der Waals surface area contributed by atoms with Crippen LogP contribution in [0.25, 0.3) is 55.0 Å². The summed E-state index contributed by atoms with van der Waals surface area (Å²) >= 11 is 0. The van der Waals surface area contributed by atoms with E-state index in [4.69, 9.17) is 0 Å². The molecule has 314 valence electrons. The standard InChI is InChI=1S/C61H44FN3Si/c1-43-26-30-46(31-27-43)63(48-34-37-59-55(40-48)54-24-14-15-25-58(54)65(59)47-32-28-44(62)29-33-47)49-35-38-60-56(41-49)57-42-53(36-39-61(57)64(60)45-16-6-2-7-17-45)66(50-18-8-3-9-19-50,51-20-10-4-11-21-51)52-22-12-5-13-23-52/h2-42H,1H3. The summed E-state index contributed by atoms with van der Waals surface area (Å²) in [5.74, 6) is -0.249. The van der Waals surface area contributed by atoms with E-state index in [0.717, 1.165) is 61.3 Å². The van der Waals surface area contributed by atoms with Gasteiger partial charge in [0.2, 0.25) is 0 Å². The van der Waals surface area contributed by atoms with Crippen molar-refractivity contribution in [3.8, 4) is 11.4 Å². The van der Waals surface area contributed by atoms with Crippen LogP contribution in [0.2, 0.25) is 0 Å². The first-order valence-corrected chi connectivity index (χ1v) is 24.5. The molecule has 5 heteroatoms. The Morgan fingerprint density at radius 1 is 0.333 bits per heavy atom. The summed E-state index contributed by atoms with van der Waals surface area (Å²) in [6.07, 6.45) is 0. The van der Waals surface area contributed by atoms with Crippen molar-refractivity contribution in [3.05, 3.63) is 260 Å². The van der Waals surface area contributed by atoms with E-state index in [1.54, 1.807) is 0 Å². The lowest BCUT2D eigenvalue weighted by molar-refractivity contribution is 0.627. The van der Waals surface area contributed by atoms with Crippen LogP contribution in [0.5, 0.6) is 0 Å². The summed E-state index contributed by atoms with van der Waals surface area (Å²) in [7, 11) is -2.84. The number of anilines is 3. The zero-order valence-corrected chi connectivity index (χ0v) is 37.4. The highest BCUT2D eigenvalue weighted by Gasteiger charge is 2.41. The molecule has 0 radical (unpaired) electrons. The van der Waals surface area contributed by atoms with E-state index >= 15 is 0 Å². The summed E-state index contributed by atoms with van der Waals surface area (Å²) in [6.45, 7) is 2.14. The van der Waals surface area contributed by atoms with Crippen LogP contribution < -0.4 is 25.6 Å². The molecular weight excluding hydrogens is 822 g/mol. The van der Waals surface area contributed by atoms with Gasteiger partial charge in [0.15, 0.2) is 8.07 Å². The first kappa shape index (κ1) is 39.3. The smallest absolute Gasteiger partial charge is 0.179 e. The van der Waals surface area contributed by atoms with Crippen molar-refractivity contribution in [2.75, 3.05) is 4.90 Å². The van der Waals surface area contributed by atoms with Crippen molar-refractivity contribution in [1.29, 1.82) is 0 Å². The van der Waals surface area contributed by atoms with Gasteiger partial charge < -0.3 is 14.0 Å². The summed E-state index contributed by atoms with van der Waals surface area (Å²) in [5, 5.41) is 10.0. The summed E-state index contributed by atoms with van der Waals surface area (Å²) in [6, 6.07) is 89.2. The molecule has 0 bridgehead atoms. The van der Waals surface area contributed by atoms with Gasteiger partial charge in [-0.05, 0) is 125 Å². The third-order valence-corrected chi connectivity index (χ3v) is 18.1. The maximum Gasteiger partial charge on any atom is 0.179 e. The Bertz CT molecular complexity index is 3600. The van der Waals surface area contributed by atoms with Gasteiger partial charge in [-0.2, -0.15) is 0 Å². The van der Waals surface area contributed by atoms with Gasteiger partial charge in [0.1, 0.15) is 5.82 Å². The predicted molar refractivity (Wildman–Crippen MR) is 278 cm³/mol. The molecule has 0 unspecified atom stereocenters. The molecule has 0 aliphatic heterocycles. The predicted octanol–water partition coefficient (Wildman–Crippen LogP) is 13.2. The molecule has 0 aliphatic carbocycles. The highest BCUT2D eigenvalue weighted by molar-refractivity contribution is 7.20. The molecular formula is C61H44FN3Si. The lowest BCUT2D eigenvalue weighted by Gasteiger charge is -2.34. The van der Waals surface area contributed by atoms with E-state index in [0.29, 0.717) is 0 Å². The lowest BCUT2D eigenvalue weighted by Crippen LogP contribution is -2.74. The van der Waals surface area contributed by atoms with Gasteiger partial charge in [0.25, 0.3) is 0 Å². The van der Waals surface area contributed by atoms with Crippen molar-refractivity contribution in [2.45, 2.75) is 6.92 Å². The van der Waals surface area contributed by atoms with Crippen LogP contribution >= 0.6 is 0 Å². The molecule has 0 spiro atoms. The third kappa shape index (κ3) is 6.39. The summed E-state index contributed by atoms with van der Waals surface area (Å²) in [4.78, 5) is 2.38. The molecule has 2 heterocycles. The van der Waals surface area contributed by atoms with E-state index in [1.807, 2.05) is 12.1 Å². The number of halogens is 1. The quantitative estimate of drug-likeness (QED) is 0.104. The molecule has 0 aliphatic rings. The van der Waals surface area contributed by atoms with Crippen LogP contribution in [0.15, 0.2) is 249 Å². The zero-order valence-electron chi connectivity index (χ0n) is 36.4. The fourth-order valence-corrected chi connectivity index (χ4v) is 15.2. The second-order valence-corrected chi connectivity index (χ2v) is 21.0. The van der Waals surface area contributed by atoms with Gasteiger partial charge in [-0.3, -0.25) is 0 Å². The SMILES string of the molecule is Cc1ccc(N(c2ccc3c(c2)c2ccccc2n3-c2ccc(F)cc2)c2ccc3c(c2)c2cc([Si](c4ccccc4)(c4ccccc4)c4ccccc4)ccc2n3-c2ccccc2)cc1. The Kier molecular flexibility index (Phi) is 9.58. The van der Waals surface area contributed by atoms with Crippen LogP contribution in [0, 0.1) is 12.7 Å². The Morgan fingerprint density at radius 3 is 1.29 bits per heavy atom. The summed E-state index contributed by atoms with van der Waals surface area (Å²) in [5.41, 5.74) is 10.9. The second-order valence-electron chi connectivity index (χ2n) is 17.2. The Hall–Kier alpha value is -8.25. The molecule has 3 nitrogen and oxygen atoms in total. The number of hydrogen-bond donors (Lipinski definition) is 0. The normalized spacial score (nSPS) is 11.8. The fraction of sp³-hybridized carbons (Fsp3) is 0.0164. The van der Waals surface area contributed by atoms with E-state index in [9.17, 15) is 4.39 Å². The number of benzene rings is 10. The molecule has 12 aromatic rings. The molecule has 2 aromatic heterocycles. The minimum Gasteiger partial charge on any atom is -0.310 e. The minimum atomic E-state index is -2.84. The average molecular weight is 866 g/mol. The van der Waals surface area contributed by atoms with Crippen LogP contribution in [0.4, 0.5) is 21.5 Å². The van der Waals surface area contributed by atoms with Crippen molar-refractivity contribution in [2.24, 2.45) is 0 Å². The number of nitrogens with zero attached hydrogens (tertiary/aromatic N) is 3. The maximum absolute atomic E-state index is 14.2. The molecule has 10 aromatic carbocycles. The minimum absolute atomic E-state index is 0.249. The van der Waals surface area contributed by atoms with E-state index in [2.05, 4.69) is 245 Å². The van der Waals surface area contributed by atoms with Gasteiger partial charge in [0.05, 0.1) is 22.1 Å². The highest BCUT2D eigenvalue weighted by Crippen LogP contribution is 2.42. The van der Waals surface area contributed by atoms with Gasteiger partial charge in [-0.1, -0.05) is 157 Å². The highest BCUT2D eigenvalue weighted by atomic mass is 28.3. The first-order chi connectivity index (χ1) is 32.6. The van der Waals surface area contributed by atoms with Gasteiger partial charge in [0, 0.05) is 50.0 Å². The largest absolute Gasteiger partial charge is 0.310 e. The van der Waals surface area contributed by atoms with E-state index in [-0.39, 0.29) is 5.82 Å². The topological polar surface area (TPSA) is 13.1 Å². The Morgan fingerprint density at radius 2 is 0.742 bits per heavy atom. The number of hydrogen-bond acceptors (Lipinski definition) is 1. The molecule has 12 rings (SSSR count). The number of rotatable bonds is 9. The van der Waals surface area contributed by atoms with Gasteiger partial charge in [-0.15, -0.1) is 0 Å². The molecule has 0 N–H and O–H groups in total. The van der Waals surface area contributed by atoms with Crippen LogP contribution in [-0.2, 0) is 0 Å². The Labute approximate surface area is 384 Å². The average Bonchev–Trinajstić information content (AvgIpc) is 3.88. The monoisotopic (exact) mass is 865 g/mol. The maximum atomic E-state index is 14.2. The molecule has 0 saturated heterocycles. The second kappa shape index (κ2) is 16.1. The van der Waals surface area contributed by atoms with Crippen LogP contribution in [0.3, 0.4) is 0 Å². The van der Waals surface area contributed by atoms with Crippen molar-refractivity contribution < 1.29 is 4.39 Å². The molecule has 66 heavy (non-hydrogen) atoms. The van der Waals surface area contributed by atoms with Crippen molar-refractivity contribution in [3.63, 3.8) is 0 Å². The van der Waals surface area contributed by atoms with Gasteiger partial charge in [-0.25, -0.2) is 4.39 Å². The van der Waals surface area contributed by atoms with E-state index in [1.165, 1.54) is 49.2 Å². The zero-order chi connectivity index (χ0) is 44.2. The Balaban J connectivity index is 1.12. The molecule has 0 atom stereocenters. The van der Waals surface area contributed by atoms with Crippen molar-refractivity contribution >= 4 is 89.5 Å². The molecule has 0 amide bonds. The molecule has 0 saturated carbocycles.